The fraction of sp³-hybridized carbons (Fsp3) is 0.214. The Labute approximate surface area is 112 Å². The molecule has 0 saturated carbocycles. The van der Waals surface area contributed by atoms with Crippen LogP contribution < -0.4 is 0 Å². The molecule has 0 N–H and O–H groups in total. The molecule has 2 nitrogen and oxygen atoms in total. The van der Waals surface area contributed by atoms with E-state index in [4.69, 9.17) is 4.42 Å². The highest BCUT2D eigenvalue weighted by Crippen LogP contribution is 2.31. The van der Waals surface area contributed by atoms with Crippen LogP contribution in [-0.4, -0.2) is 5.78 Å². The van der Waals surface area contributed by atoms with Gasteiger partial charge in [0.15, 0.2) is 5.76 Å². The van der Waals surface area contributed by atoms with E-state index in [1.807, 2.05) is 0 Å². The molecule has 0 bridgehead atoms. The van der Waals surface area contributed by atoms with Gasteiger partial charge < -0.3 is 4.42 Å². The van der Waals surface area contributed by atoms with Crippen LogP contribution >= 0.6 is 0 Å². The van der Waals surface area contributed by atoms with Crippen molar-refractivity contribution in [1.82, 2.24) is 0 Å². The van der Waals surface area contributed by atoms with Crippen LogP contribution in [0, 0.1) is 5.82 Å². The van der Waals surface area contributed by atoms with Gasteiger partial charge in [-0.15, -0.1) is 0 Å². The van der Waals surface area contributed by atoms with E-state index in [1.54, 1.807) is 6.92 Å². The summed E-state index contributed by atoms with van der Waals surface area (Å²) in [5.74, 6) is -1.61. The summed E-state index contributed by atoms with van der Waals surface area (Å²) in [5.41, 5.74) is -1.73. The number of rotatable bonds is 3. The van der Waals surface area contributed by atoms with E-state index in [-0.39, 0.29) is 5.76 Å². The number of aryl methyl sites for hydroxylation is 1. The highest BCUT2D eigenvalue weighted by atomic mass is 19.4. The van der Waals surface area contributed by atoms with Gasteiger partial charge in [-0.2, -0.15) is 13.2 Å². The van der Waals surface area contributed by atoms with Crippen molar-refractivity contribution in [3.63, 3.8) is 0 Å². The van der Waals surface area contributed by atoms with Crippen LogP contribution in [0.1, 0.15) is 34.4 Å². The number of hydrogen-bond donors (Lipinski definition) is 0. The first-order chi connectivity index (χ1) is 9.32. The zero-order valence-corrected chi connectivity index (χ0v) is 10.4. The molecule has 0 amide bonds. The van der Waals surface area contributed by atoms with Crippen molar-refractivity contribution in [2.24, 2.45) is 0 Å². The monoisotopic (exact) mass is 286 g/mol. The van der Waals surface area contributed by atoms with E-state index in [2.05, 4.69) is 0 Å². The number of halogens is 4. The maximum absolute atomic E-state index is 13.6. The summed E-state index contributed by atoms with van der Waals surface area (Å²) in [7, 11) is 0. The zero-order chi connectivity index (χ0) is 14.9. The van der Waals surface area contributed by atoms with Crippen LogP contribution in [0.2, 0.25) is 0 Å². The summed E-state index contributed by atoms with van der Waals surface area (Å²) in [6.07, 6.45) is -4.11. The largest absolute Gasteiger partial charge is 0.458 e. The van der Waals surface area contributed by atoms with Crippen LogP contribution in [0.4, 0.5) is 17.6 Å². The Hall–Kier alpha value is -2.11. The average Bonchev–Trinajstić information content (AvgIpc) is 2.86. The molecule has 1 heterocycles. The lowest BCUT2D eigenvalue weighted by Gasteiger charge is -2.08. The quantitative estimate of drug-likeness (QED) is 0.624. The van der Waals surface area contributed by atoms with Gasteiger partial charge in [-0.1, -0.05) is 6.92 Å². The number of carbonyl (C=O) groups excluding carboxylic acids is 1. The topological polar surface area (TPSA) is 30.2 Å². The molecule has 1 aromatic carbocycles. The van der Waals surface area contributed by atoms with E-state index in [0.717, 1.165) is 0 Å². The van der Waals surface area contributed by atoms with Gasteiger partial charge >= 0.3 is 6.18 Å². The molecule has 0 radical (unpaired) electrons. The minimum absolute atomic E-state index is 0.180. The second kappa shape index (κ2) is 5.11. The number of carbonyl (C=O) groups is 1. The Morgan fingerprint density at radius 3 is 2.45 bits per heavy atom. The molecule has 6 heteroatoms. The summed E-state index contributed by atoms with van der Waals surface area (Å²) >= 11 is 0. The molecular weight excluding hydrogens is 276 g/mol. The molecule has 2 aromatic rings. The second-order valence-electron chi connectivity index (χ2n) is 4.14. The van der Waals surface area contributed by atoms with Crippen LogP contribution in [0.15, 0.2) is 34.7 Å². The average molecular weight is 286 g/mol. The third-order valence-electron chi connectivity index (χ3n) is 2.77. The Morgan fingerprint density at radius 2 is 1.90 bits per heavy atom. The van der Waals surface area contributed by atoms with E-state index in [1.165, 1.54) is 12.1 Å². The molecule has 0 fully saturated rings. The van der Waals surface area contributed by atoms with Crippen molar-refractivity contribution in [1.29, 1.82) is 0 Å². The van der Waals surface area contributed by atoms with Crippen molar-refractivity contribution < 1.29 is 26.8 Å². The zero-order valence-electron chi connectivity index (χ0n) is 10.4. The fourth-order valence-corrected chi connectivity index (χ4v) is 1.70. The summed E-state index contributed by atoms with van der Waals surface area (Å²) in [6, 6.07) is 4.55. The lowest BCUT2D eigenvalue weighted by molar-refractivity contribution is -0.137. The van der Waals surface area contributed by atoms with Crippen LogP contribution in [0.5, 0.6) is 0 Å². The smallest absolute Gasteiger partial charge is 0.416 e. The van der Waals surface area contributed by atoms with Crippen LogP contribution in [0.25, 0.3) is 0 Å². The Kier molecular flexibility index (Phi) is 3.65. The summed E-state index contributed by atoms with van der Waals surface area (Å²) in [5, 5.41) is 0. The van der Waals surface area contributed by atoms with Gasteiger partial charge in [0, 0.05) is 6.42 Å². The third kappa shape index (κ3) is 2.74. The minimum atomic E-state index is -4.64. The van der Waals surface area contributed by atoms with Crippen LogP contribution in [0.3, 0.4) is 0 Å². The maximum atomic E-state index is 13.6. The second-order valence-corrected chi connectivity index (χ2v) is 4.14. The first-order valence-electron chi connectivity index (χ1n) is 5.83. The molecule has 20 heavy (non-hydrogen) atoms. The van der Waals surface area contributed by atoms with E-state index >= 15 is 0 Å². The van der Waals surface area contributed by atoms with E-state index in [9.17, 15) is 22.4 Å². The fourth-order valence-electron chi connectivity index (χ4n) is 1.70. The Bertz CT molecular complexity index is 641. The molecule has 0 aliphatic heterocycles. The molecule has 0 aliphatic rings. The van der Waals surface area contributed by atoms with Gasteiger partial charge in [-0.3, -0.25) is 4.79 Å². The number of hydrogen-bond acceptors (Lipinski definition) is 2. The molecule has 0 atom stereocenters. The molecule has 0 saturated heterocycles. The normalized spacial score (nSPS) is 11.7. The first kappa shape index (κ1) is 14.3. The van der Waals surface area contributed by atoms with Crippen molar-refractivity contribution >= 4 is 5.78 Å². The number of ketones is 1. The van der Waals surface area contributed by atoms with Crippen molar-refractivity contribution in [2.75, 3.05) is 0 Å². The van der Waals surface area contributed by atoms with Gasteiger partial charge in [-0.05, 0) is 30.3 Å². The summed E-state index contributed by atoms with van der Waals surface area (Å²) in [6.45, 7) is 1.79. The molecule has 0 unspecified atom stereocenters. The Morgan fingerprint density at radius 1 is 1.20 bits per heavy atom. The lowest BCUT2D eigenvalue weighted by atomic mass is 10.0. The van der Waals surface area contributed by atoms with Gasteiger partial charge in [0.1, 0.15) is 11.6 Å². The highest BCUT2D eigenvalue weighted by Gasteiger charge is 2.32. The lowest BCUT2D eigenvalue weighted by Crippen LogP contribution is -2.09. The van der Waals surface area contributed by atoms with Gasteiger partial charge in [0.25, 0.3) is 0 Å². The Balaban J connectivity index is 2.43. The van der Waals surface area contributed by atoms with Crippen LogP contribution in [-0.2, 0) is 12.6 Å². The maximum Gasteiger partial charge on any atom is 0.416 e. The third-order valence-corrected chi connectivity index (χ3v) is 2.77. The predicted molar refractivity (Wildman–Crippen MR) is 62.9 cm³/mol. The molecular formula is C14H10F4O2. The molecule has 1 aromatic heterocycles. The standard InChI is InChI=1S/C14H10F4O2/c1-2-9-4-6-12(20-9)13(19)10-7-8(14(16,17)18)3-5-11(10)15/h3-7H,2H2,1H3. The molecule has 106 valence electrons. The first-order valence-corrected chi connectivity index (χ1v) is 5.83. The number of furan rings is 1. The van der Waals surface area contributed by atoms with Crippen molar-refractivity contribution in [3.8, 4) is 0 Å². The molecule has 0 spiro atoms. The molecule has 2 rings (SSSR count). The minimum Gasteiger partial charge on any atom is -0.458 e. The van der Waals surface area contributed by atoms with E-state index < -0.39 is 28.9 Å². The summed E-state index contributed by atoms with van der Waals surface area (Å²) in [4.78, 5) is 12.0. The number of alkyl halides is 3. The van der Waals surface area contributed by atoms with Gasteiger partial charge in [-0.25, -0.2) is 4.39 Å². The van der Waals surface area contributed by atoms with Crippen molar-refractivity contribution in [2.45, 2.75) is 19.5 Å². The highest BCUT2D eigenvalue weighted by molar-refractivity contribution is 6.07. The van der Waals surface area contributed by atoms with Crippen molar-refractivity contribution in [3.05, 3.63) is 58.8 Å². The predicted octanol–water partition coefficient (Wildman–Crippen LogP) is 4.23. The van der Waals surface area contributed by atoms with E-state index in [0.29, 0.717) is 30.4 Å². The SMILES string of the molecule is CCc1ccc(C(=O)c2cc(C(F)(F)F)ccc2F)o1. The molecule has 0 aliphatic carbocycles. The summed E-state index contributed by atoms with van der Waals surface area (Å²) < 4.78 is 56.4. The van der Waals surface area contributed by atoms with Gasteiger partial charge in [0.2, 0.25) is 5.78 Å². The number of benzene rings is 1. The van der Waals surface area contributed by atoms with Gasteiger partial charge in [0.05, 0.1) is 11.1 Å².